The Hall–Kier alpha value is -1.96. The number of hydrogen-bond donors (Lipinski definition) is 1. The van der Waals surface area contributed by atoms with Crippen molar-refractivity contribution in [1.29, 1.82) is 0 Å². The summed E-state index contributed by atoms with van der Waals surface area (Å²) in [6, 6.07) is 8.06. The van der Waals surface area contributed by atoms with E-state index >= 15 is 0 Å². The molecule has 1 amide bonds. The number of nitrogens with one attached hydrogen (secondary N) is 1. The number of hydrogen-bond acceptors (Lipinski definition) is 4. The third-order valence-electron chi connectivity index (χ3n) is 4.19. The quantitative estimate of drug-likeness (QED) is 0.439. The van der Waals surface area contributed by atoms with E-state index in [9.17, 15) is 14.4 Å². The number of carbonyl (C=O) groups is 2. The summed E-state index contributed by atoms with van der Waals surface area (Å²) in [5, 5.41) is 3.40. The Labute approximate surface area is 157 Å². The highest BCUT2D eigenvalue weighted by Gasteiger charge is 2.43. The lowest BCUT2D eigenvalue weighted by molar-refractivity contribution is -0.145. The molecule has 0 heterocycles. The van der Waals surface area contributed by atoms with Crippen molar-refractivity contribution in [2.24, 2.45) is 0 Å². The van der Waals surface area contributed by atoms with E-state index < -0.39 is 33.7 Å². The first kappa shape index (κ1) is 22.1. The van der Waals surface area contributed by atoms with Crippen LogP contribution in [-0.2, 0) is 19.1 Å². The molecule has 5 nitrogen and oxygen atoms in total. The van der Waals surface area contributed by atoms with Crippen molar-refractivity contribution in [3.63, 3.8) is 0 Å². The number of ether oxygens (including phenoxy) is 1. The fraction of sp³-hybridized carbons (Fsp3) is 0.474. The standard InChI is InChI=1S/C19H29NO4Si2/c1-24-19(23)16(14-11-9-8-10-12-14)20-18(22)17(26(5,6)7)15(13-21)25(2,3)4/h8-12,16-17H,1-7H3,(H,20,22)/t16-,17+/m1/s1. The molecular weight excluding hydrogens is 362 g/mol. The average molecular weight is 392 g/mol. The maximum absolute atomic E-state index is 13.2. The number of benzene rings is 1. The number of carbonyl (C=O) groups excluding carboxylic acids is 3. The van der Waals surface area contributed by atoms with Crippen LogP contribution in [0.2, 0.25) is 44.8 Å². The third-order valence-corrected chi connectivity index (χ3v) is 8.77. The highest BCUT2D eigenvalue weighted by Crippen LogP contribution is 2.35. The lowest BCUT2D eigenvalue weighted by atomic mass is 10.1. The van der Waals surface area contributed by atoms with Crippen LogP contribution in [0.25, 0.3) is 0 Å². The van der Waals surface area contributed by atoms with Crippen LogP contribution in [-0.4, -0.2) is 41.1 Å². The van der Waals surface area contributed by atoms with Crippen LogP contribution >= 0.6 is 0 Å². The summed E-state index contributed by atoms with van der Waals surface area (Å²) in [5.41, 5.74) is 0.120. The highest BCUT2D eigenvalue weighted by atomic mass is 28.3. The van der Waals surface area contributed by atoms with Gasteiger partial charge in [-0.1, -0.05) is 69.6 Å². The van der Waals surface area contributed by atoms with E-state index in [2.05, 4.69) is 11.3 Å². The molecule has 0 saturated heterocycles. The van der Waals surface area contributed by atoms with Crippen molar-refractivity contribution in [2.45, 2.75) is 50.9 Å². The van der Waals surface area contributed by atoms with E-state index in [-0.39, 0.29) is 5.91 Å². The Morgan fingerprint density at radius 2 is 1.58 bits per heavy atom. The lowest BCUT2D eigenvalue weighted by Gasteiger charge is -2.34. The largest absolute Gasteiger partial charge is 0.467 e. The second-order valence-electron chi connectivity index (χ2n) is 8.44. The molecule has 0 fully saturated rings. The van der Waals surface area contributed by atoms with Gasteiger partial charge >= 0.3 is 5.97 Å². The molecule has 7 heteroatoms. The van der Waals surface area contributed by atoms with Gasteiger partial charge in [-0.25, -0.2) is 9.59 Å². The zero-order valence-electron chi connectivity index (χ0n) is 16.7. The Morgan fingerprint density at radius 1 is 1.04 bits per heavy atom. The van der Waals surface area contributed by atoms with E-state index in [1.807, 2.05) is 45.3 Å². The molecule has 2 atom stereocenters. The molecule has 142 valence electrons. The zero-order chi connectivity index (χ0) is 20.1. The Morgan fingerprint density at radius 3 is 1.96 bits per heavy atom. The van der Waals surface area contributed by atoms with E-state index in [1.165, 1.54) is 7.11 Å². The minimum atomic E-state index is -2.09. The summed E-state index contributed by atoms with van der Waals surface area (Å²) in [5.74, 6) is 1.23. The molecule has 1 aromatic carbocycles. The van der Waals surface area contributed by atoms with Gasteiger partial charge in [0.05, 0.1) is 28.8 Å². The SMILES string of the molecule is COC(=O)[C@H](NC(=O)[C@H](C(=C=O)[Si](C)(C)C)[Si](C)(C)C)c1ccccc1. The summed E-state index contributed by atoms with van der Waals surface area (Å²) in [7, 11) is -2.83. The Balaban J connectivity index is 3.30. The molecule has 0 saturated carbocycles. The first-order valence-corrected chi connectivity index (χ1v) is 15.7. The summed E-state index contributed by atoms with van der Waals surface area (Å²) in [6.45, 7) is 12.2. The van der Waals surface area contributed by atoms with Gasteiger partial charge in [-0.2, -0.15) is 0 Å². The molecule has 0 radical (unpaired) electrons. The van der Waals surface area contributed by atoms with Crippen molar-refractivity contribution in [1.82, 2.24) is 5.32 Å². The highest BCUT2D eigenvalue weighted by molar-refractivity contribution is 6.90. The predicted molar refractivity (Wildman–Crippen MR) is 109 cm³/mol. The molecule has 0 aliphatic heterocycles. The van der Waals surface area contributed by atoms with Gasteiger partial charge in [0.15, 0.2) is 6.04 Å². The normalized spacial score (nSPS) is 14.0. The summed E-state index contributed by atoms with van der Waals surface area (Å²) < 4.78 is 4.87. The summed E-state index contributed by atoms with van der Waals surface area (Å²) in [6.07, 6.45) is 0. The van der Waals surface area contributed by atoms with Gasteiger partial charge in [-0.3, -0.25) is 4.79 Å². The van der Waals surface area contributed by atoms with Crippen molar-refractivity contribution >= 4 is 34.0 Å². The van der Waals surface area contributed by atoms with Crippen LogP contribution in [0.3, 0.4) is 0 Å². The predicted octanol–water partition coefficient (Wildman–Crippen LogP) is 3.36. The molecule has 0 bridgehead atoms. The van der Waals surface area contributed by atoms with E-state index in [0.717, 1.165) is 0 Å². The van der Waals surface area contributed by atoms with Gasteiger partial charge in [-0.15, -0.1) is 0 Å². The minimum absolute atomic E-state index is 0.302. The molecule has 1 aromatic rings. The molecular formula is C19H29NO4Si2. The van der Waals surface area contributed by atoms with Crippen molar-refractivity contribution in [2.75, 3.05) is 7.11 Å². The average Bonchev–Trinajstić information content (AvgIpc) is 2.55. The molecule has 0 spiro atoms. The molecule has 1 N–H and O–H groups in total. The topological polar surface area (TPSA) is 72.5 Å². The third kappa shape index (κ3) is 5.52. The molecule has 0 aliphatic carbocycles. The fourth-order valence-electron chi connectivity index (χ4n) is 2.87. The molecule has 0 unspecified atom stereocenters. The molecule has 0 aromatic heterocycles. The maximum atomic E-state index is 13.2. The van der Waals surface area contributed by atoms with Gasteiger partial charge < -0.3 is 10.1 Å². The molecule has 26 heavy (non-hydrogen) atoms. The van der Waals surface area contributed by atoms with Crippen LogP contribution in [0.5, 0.6) is 0 Å². The van der Waals surface area contributed by atoms with E-state index in [4.69, 9.17) is 4.74 Å². The molecule has 1 rings (SSSR count). The summed E-state index contributed by atoms with van der Waals surface area (Å²) in [4.78, 5) is 37.1. The van der Waals surface area contributed by atoms with Crippen molar-refractivity contribution in [3.05, 3.63) is 41.1 Å². The number of rotatable bonds is 7. The van der Waals surface area contributed by atoms with Gasteiger partial charge in [-0.05, 0) is 5.56 Å². The number of methoxy groups -OCH3 is 1. The fourth-order valence-corrected chi connectivity index (χ4v) is 8.57. The van der Waals surface area contributed by atoms with E-state index in [0.29, 0.717) is 10.8 Å². The van der Waals surface area contributed by atoms with Crippen LogP contribution in [0.4, 0.5) is 0 Å². The van der Waals surface area contributed by atoms with Crippen molar-refractivity contribution in [3.8, 4) is 0 Å². The van der Waals surface area contributed by atoms with Crippen LogP contribution < -0.4 is 5.32 Å². The van der Waals surface area contributed by atoms with Crippen LogP contribution in [0.1, 0.15) is 11.6 Å². The summed E-state index contributed by atoms with van der Waals surface area (Å²) >= 11 is 0. The maximum Gasteiger partial charge on any atom is 0.333 e. The smallest absolute Gasteiger partial charge is 0.333 e. The van der Waals surface area contributed by atoms with Gasteiger partial charge in [0.1, 0.15) is 5.94 Å². The first-order valence-electron chi connectivity index (χ1n) is 8.62. The molecule has 0 aliphatic rings. The van der Waals surface area contributed by atoms with E-state index in [1.54, 1.807) is 24.3 Å². The van der Waals surface area contributed by atoms with Gasteiger partial charge in [0.25, 0.3) is 0 Å². The first-order chi connectivity index (χ1) is 11.9. The minimum Gasteiger partial charge on any atom is -0.467 e. The monoisotopic (exact) mass is 391 g/mol. The second-order valence-corrected chi connectivity index (χ2v) is 18.8. The Kier molecular flexibility index (Phi) is 7.32. The van der Waals surface area contributed by atoms with Gasteiger partial charge in [0.2, 0.25) is 5.91 Å². The number of esters is 1. The van der Waals surface area contributed by atoms with Crippen LogP contribution in [0.15, 0.2) is 35.5 Å². The second kappa shape index (κ2) is 8.62. The number of amides is 1. The van der Waals surface area contributed by atoms with Crippen molar-refractivity contribution < 1.29 is 19.1 Å². The zero-order valence-corrected chi connectivity index (χ0v) is 18.7. The van der Waals surface area contributed by atoms with Crippen LogP contribution in [0, 0.1) is 0 Å². The lowest BCUT2D eigenvalue weighted by Crippen LogP contribution is -2.48. The van der Waals surface area contributed by atoms with Gasteiger partial charge in [0, 0.05) is 5.20 Å². The Bertz CT molecular complexity index is 698.